The van der Waals surface area contributed by atoms with Crippen LogP contribution >= 0.6 is 0 Å². The Labute approximate surface area is 143 Å². The number of carbonyl (C=O) groups is 1. The number of hydrogen-bond donors (Lipinski definition) is 1. The van der Waals surface area contributed by atoms with Crippen LogP contribution in [0.3, 0.4) is 0 Å². The van der Waals surface area contributed by atoms with E-state index in [1.165, 1.54) is 0 Å². The van der Waals surface area contributed by atoms with Crippen LogP contribution in [0.4, 0.5) is 0 Å². The highest BCUT2D eigenvalue weighted by Gasteiger charge is 2.22. The van der Waals surface area contributed by atoms with Crippen LogP contribution in [-0.4, -0.2) is 19.1 Å². The summed E-state index contributed by atoms with van der Waals surface area (Å²) in [6.07, 6.45) is 0.884. The third-order valence-corrected chi connectivity index (χ3v) is 3.91. The van der Waals surface area contributed by atoms with E-state index in [0.717, 1.165) is 12.0 Å². The maximum atomic E-state index is 12.6. The summed E-state index contributed by atoms with van der Waals surface area (Å²) in [5.74, 6) is 1.23. The predicted octanol–water partition coefficient (Wildman–Crippen LogP) is 4.12. The van der Waals surface area contributed by atoms with E-state index in [9.17, 15) is 4.79 Å². The zero-order valence-electron chi connectivity index (χ0n) is 14.5. The molecule has 0 spiro atoms. The van der Waals surface area contributed by atoms with Crippen LogP contribution in [0.25, 0.3) is 0 Å². The van der Waals surface area contributed by atoms with E-state index >= 15 is 0 Å². The van der Waals surface area contributed by atoms with E-state index in [1.807, 2.05) is 55.5 Å². The molecule has 2 aromatic carbocycles. The van der Waals surface area contributed by atoms with Gasteiger partial charge in [0.25, 0.3) is 5.91 Å². The molecule has 0 aliphatic rings. The van der Waals surface area contributed by atoms with Gasteiger partial charge in [-0.2, -0.15) is 0 Å². The Morgan fingerprint density at radius 2 is 1.71 bits per heavy atom. The smallest absolute Gasteiger partial charge is 0.261 e. The molecule has 4 heteroatoms. The Bertz CT molecular complexity index is 642. The highest BCUT2D eigenvalue weighted by atomic mass is 16.5. The molecule has 0 unspecified atom stereocenters. The summed E-state index contributed by atoms with van der Waals surface area (Å²) >= 11 is 0. The average Bonchev–Trinajstić information content (AvgIpc) is 2.64. The standard InChI is InChI=1S/C20H25NO3/c1-4-18(15-10-7-6-8-11-15)21-20(22)19(5-2)24-17-13-9-12-16(14-17)23-3/h6-14,18-19H,4-5H2,1-3H3,(H,21,22)/t18-,19-/m1/s1. The van der Waals surface area contributed by atoms with Crippen molar-refractivity contribution < 1.29 is 14.3 Å². The molecule has 4 nitrogen and oxygen atoms in total. The fourth-order valence-corrected chi connectivity index (χ4v) is 2.53. The Kier molecular flexibility index (Phi) is 6.67. The summed E-state index contributed by atoms with van der Waals surface area (Å²) in [6, 6.07) is 17.3. The van der Waals surface area contributed by atoms with Gasteiger partial charge >= 0.3 is 0 Å². The van der Waals surface area contributed by atoms with Gasteiger partial charge in [0.1, 0.15) is 11.5 Å². The molecule has 0 bridgehead atoms. The molecule has 2 rings (SSSR count). The van der Waals surface area contributed by atoms with Gasteiger partial charge in [-0.1, -0.05) is 50.2 Å². The van der Waals surface area contributed by atoms with Gasteiger partial charge in [-0.15, -0.1) is 0 Å². The maximum absolute atomic E-state index is 12.6. The van der Waals surface area contributed by atoms with Crippen molar-refractivity contribution in [3.05, 3.63) is 60.2 Å². The highest BCUT2D eigenvalue weighted by Crippen LogP contribution is 2.21. The number of rotatable bonds is 8. The highest BCUT2D eigenvalue weighted by molar-refractivity contribution is 5.81. The minimum atomic E-state index is -0.533. The second kappa shape index (κ2) is 8.96. The fraction of sp³-hybridized carbons (Fsp3) is 0.350. The fourth-order valence-electron chi connectivity index (χ4n) is 2.53. The van der Waals surface area contributed by atoms with E-state index in [1.54, 1.807) is 13.2 Å². The van der Waals surface area contributed by atoms with Gasteiger partial charge in [0.15, 0.2) is 6.10 Å². The Morgan fingerprint density at radius 1 is 1.00 bits per heavy atom. The molecule has 0 heterocycles. The Morgan fingerprint density at radius 3 is 2.33 bits per heavy atom. The van der Waals surface area contributed by atoms with Gasteiger partial charge in [0.2, 0.25) is 0 Å². The predicted molar refractivity (Wildman–Crippen MR) is 95.3 cm³/mol. The van der Waals surface area contributed by atoms with Crippen LogP contribution in [0.2, 0.25) is 0 Å². The monoisotopic (exact) mass is 327 g/mol. The second-order valence-electron chi connectivity index (χ2n) is 5.57. The van der Waals surface area contributed by atoms with Crippen LogP contribution in [0.1, 0.15) is 38.3 Å². The first-order valence-electron chi connectivity index (χ1n) is 8.34. The molecule has 128 valence electrons. The van der Waals surface area contributed by atoms with Crippen molar-refractivity contribution in [3.8, 4) is 11.5 Å². The van der Waals surface area contributed by atoms with E-state index in [2.05, 4.69) is 12.2 Å². The topological polar surface area (TPSA) is 47.6 Å². The molecule has 0 aliphatic heterocycles. The molecular weight excluding hydrogens is 302 g/mol. The lowest BCUT2D eigenvalue weighted by Gasteiger charge is -2.22. The number of benzene rings is 2. The molecule has 0 radical (unpaired) electrons. The number of nitrogens with one attached hydrogen (secondary N) is 1. The summed E-state index contributed by atoms with van der Waals surface area (Å²) in [5.41, 5.74) is 1.10. The second-order valence-corrected chi connectivity index (χ2v) is 5.57. The third-order valence-electron chi connectivity index (χ3n) is 3.91. The van der Waals surface area contributed by atoms with Crippen LogP contribution in [0, 0.1) is 0 Å². The van der Waals surface area contributed by atoms with Crippen molar-refractivity contribution in [2.45, 2.75) is 38.8 Å². The van der Waals surface area contributed by atoms with Crippen LogP contribution < -0.4 is 14.8 Å². The number of carbonyl (C=O) groups excluding carboxylic acids is 1. The largest absolute Gasteiger partial charge is 0.497 e. The van der Waals surface area contributed by atoms with Crippen molar-refractivity contribution in [2.24, 2.45) is 0 Å². The molecule has 0 saturated heterocycles. The lowest BCUT2D eigenvalue weighted by atomic mass is 10.0. The lowest BCUT2D eigenvalue weighted by molar-refractivity contribution is -0.128. The molecule has 0 fully saturated rings. The summed E-state index contributed by atoms with van der Waals surface area (Å²) in [4.78, 5) is 12.6. The van der Waals surface area contributed by atoms with Crippen molar-refractivity contribution in [1.29, 1.82) is 0 Å². The van der Waals surface area contributed by atoms with Gasteiger partial charge in [0, 0.05) is 6.07 Å². The lowest BCUT2D eigenvalue weighted by Crippen LogP contribution is -2.39. The SMILES string of the molecule is CC[C@@H](Oc1cccc(OC)c1)C(=O)N[C@H](CC)c1ccccc1. The quantitative estimate of drug-likeness (QED) is 0.793. The molecule has 0 aromatic heterocycles. The van der Waals surface area contributed by atoms with Crippen LogP contribution in [0.5, 0.6) is 11.5 Å². The average molecular weight is 327 g/mol. The van der Waals surface area contributed by atoms with Gasteiger partial charge < -0.3 is 14.8 Å². The summed E-state index contributed by atoms with van der Waals surface area (Å²) in [5, 5.41) is 3.09. The maximum Gasteiger partial charge on any atom is 0.261 e. The van der Waals surface area contributed by atoms with Gasteiger partial charge in [-0.05, 0) is 30.5 Å². The zero-order valence-corrected chi connectivity index (χ0v) is 14.5. The van der Waals surface area contributed by atoms with Crippen molar-refractivity contribution in [1.82, 2.24) is 5.32 Å². The molecule has 1 amide bonds. The number of ether oxygens (including phenoxy) is 2. The third kappa shape index (κ3) is 4.75. The van der Waals surface area contributed by atoms with Crippen molar-refractivity contribution >= 4 is 5.91 Å². The Hall–Kier alpha value is -2.49. The van der Waals surface area contributed by atoms with Crippen molar-refractivity contribution in [3.63, 3.8) is 0 Å². The zero-order chi connectivity index (χ0) is 17.4. The molecule has 2 atom stereocenters. The molecule has 1 N–H and O–H groups in total. The molecule has 0 saturated carbocycles. The first-order chi connectivity index (χ1) is 11.7. The van der Waals surface area contributed by atoms with Gasteiger partial charge in [-0.3, -0.25) is 4.79 Å². The molecule has 2 aromatic rings. The van der Waals surface area contributed by atoms with E-state index in [0.29, 0.717) is 17.9 Å². The number of methoxy groups -OCH3 is 1. The number of hydrogen-bond acceptors (Lipinski definition) is 3. The minimum absolute atomic E-state index is 0.0124. The molecule has 24 heavy (non-hydrogen) atoms. The summed E-state index contributed by atoms with van der Waals surface area (Å²) in [7, 11) is 1.61. The first-order valence-corrected chi connectivity index (χ1v) is 8.34. The van der Waals surface area contributed by atoms with Gasteiger partial charge in [-0.25, -0.2) is 0 Å². The molecular formula is C20H25NO3. The van der Waals surface area contributed by atoms with E-state index < -0.39 is 6.10 Å². The summed E-state index contributed by atoms with van der Waals surface area (Å²) < 4.78 is 11.0. The number of amides is 1. The van der Waals surface area contributed by atoms with Gasteiger partial charge in [0.05, 0.1) is 13.2 Å². The van der Waals surface area contributed by atoms with E-state index in [-0.39, 0.29) is 11.9 Å². The minimum Gasteiger partial charge on any atom is -0.497 e. The van der Waals surface area contributed by atoms with Crippen LogP contribution in [0.15, 0.2) is 54.6 Å². The van der Waals surface area contributed by atoms with Crippen LogP contribution in [-0.2, 0) is 4.79 Å². The normalized spacial score (nSPS) is 13.0. The summed E-state index contributed by atoms with van der Waals surface area (Å²) in [6.45, 7) is 4.00. The van der Waals surface area contributed by atoms with Crippen molar-refractivity contribution in [2.75, 3.05) is 7.11 Å². The first kappa shape index (κ1) is 17.9. The van der Waals surface area contributed by atoms with E-state index in [4.69, 9.17) is 9.47 Å². The molecule has 0 aliphatic carbocycles. The Balaban J connectivity index is 2.04.